The van der Waals surface area contributed by atoms with Gasteiger partial charge in [-0.15, -0.1) is 11.8 Å². The topological polar surface area (TPSA) is 97.1 Å². The van der Waals surface area contributed by atoms with Crippen molar-refractivity contribution in [3.05, 3.63) is 69.8 Å². The highest BCUT2D eigenvalue weighted by molar-refractivity contribution is 9.10. The SMILES string of the molecule is Cc1nc(CSc2ccccc2C(=O)NCCC(=O)Nc2cc(Br)ccc2C)no1. The number of amides is 2. The summed E-state index contributed by atoms with van der Waals surface area (Å²) in [5.41, 5.74) is 2.27. The van der Waals surface area contributed by atoms with Crippen LogP contribution in [0.3, 0.4) is 0 Å². The summed E-state index contributed by atoms with van der Waals surface area (Å²) in [6.45, 7) is 3.89. The third-order valence-corrected chi connectivity index (χ3v) is 5.73. The van der Waals surface area contributed by atoms with E-state index in [1.165, 1.54) is 11.8 Å². The van der Waals surface area contributed by atoms with Gasteiger partial charge in [-0.1, -0.05) is 39.3 Å². The number of nitrogens with one attached hydrogen (secondary N) is 2. The Hall–Kier alpha value is -2.65. The third kappa shape index (κ3) is 6.17. The first-order valence-electron chi connectivity index (χ1n) is 9.27. The normalized spacial score (nSPS) is 10.6. The van der Waals surface area contributed by atoms with Gasteiger partial charge in [0.05, 0.1) is 11.3 Å². The van der Waals surface area contributed by atoms with Crippen molar-refractivity contribution in [1.29, 1.82) is 0 Å². The lowest BCUT2D eigenvalue weighted by molar-refractivity contribution is -0.116. The molecule has 0 saturated carbocycles. The van der Waals surface area contributed by atoms with Gasteiger partial charge < -0.3 is 15.2 Å². The molecular formula is C21H21BrN4O3S. The summed E-state index contributed by atoms with van der Waals surface area (Å²) >= 11 is 4.85. The number of hydrogen-bond donors (Lipinski definition) is 2. The van der Waals surface area contributed by atoms with Crippen molar-refractivity contribution in [3.63, 3.8) is 0 Å². The number of nitrogens with zero attached hydrogens (tertiary/aromatic N) is 2. The van der Waals surface area contributed by atoms with E-state index in [1.54, 1.807) is 19.1 Å². The van der Waals surface area contributed by atoms with Crippen LogP contribution in [-0.4, -0.2) is 28.5 Å². The summed E-state index contributed by atoms with van der Waals surface area (Å²) in [7, 11) is 0. The zero-order valence-electron chi connectivity index (χ0n) is 16.6. The molecular weight excluding hydrogens is 468 g/mol. The minimum atomic E-state index is -0.228. The first-order chi connectivity index (χ1) is 14.4. The molecule has 156 valence electrons. The van der Waals surface area contributed by atoms with Crippen LogP contribution in [0.1, 0.15) is 34.1 Å². The Morgan fingerprint density at radius 2 is 1.97 bits per heavy atom. The molecule has 2 N–H and O–H groups in total. The fourth-order valence-corrected chi connectivity index (χ4v) is 3.90. The van der Waals surface area contributed by atoms with E-state index in [9.17, 15) is 9.59 Å². The molecule has 3 aromatic rings. The largest absolute Gasteiger partial charge is 0.351 e. The number of carbonyl (C=O) groups is 2. The molecule has 1 aromatic heterocycles. The Labute approximate surface area is 187 Å². The minimum absolute atomic E-state index is 0.161. The second-order valence-electron chi connectivity index (χ2n) is 6.53. The van der Waals surface area contributed by atoms with Gasteiger partial charge in [-0.25, -0.2) is 0 Å². The quantitative estimate of drug-likeness (QED) is 0.453. The van der Waals surface area contributed by atoms with Gasteiger partial charge in [0.25, 0.3) is 5.91 Å². The van der Waals surface area contributed by atoms with E-state index < -0.39 is 0 Å². The van der Waals surface area contributed by atoms with E-state index in [0.29, 0.717) is 23.0 Å². The first kappa shape index (κ1) is 22.0. The van der Waals surface area contributed by atoms with Crippen LogP contribution in [0, 0.1) is 13.8 Å². The molecule has 0 saturated heterocycles. The average Bonchev–Trinajstić information content (AvgIpc) is 3.14. The van der Waals surface area contributed by atoms with Gasteiger partial charge in [-0.3, -0.25) is 9.59 Å². The molecule has 0 spiro atoms. The number of aryl methyl sites for hydroxylation is 2. The molecule has 0 atom stereocenters. The minimum Gasteiger partial charge on any atom is -0.351 e. The van der Waals surface area contributed by atoms with Crippen molar-refractivity contribution in [1.82, 2.24) is 15.5 Å². The van der Waals surface area contributed by atoms with Gasteiger partial charge in [-0.2, -0.15) is 4.98 Å². The van der Waals surface area contributed by atoms with Crippen LogP contribution < -0.4 is 10.6 Å². The van der Waals surface area contributed by atoms with E-state index in [4.69, 9.17) is 4.52 Å². The molecule has 30 heavy (non-hydrogen) atoms. The number of thioether (sulfide) groups is 1. The molecule has 3 rings (SSSR count). The summed E-state index contributed by atoms with van der Waals surface area (Å²) in [6.07, 6.45) is 0.176. The van der Waals surface area contributed by atoms with Gasteiger partial charge in [0.1, 0.15) is 0 Å². The fraction of sp³-hybridized carbons (Fsp3) is 0.238. The second kappa shape index (κ2) is 10.4. The fourth-order valence-electron chi connectivity index (χ4n) is 2.65. The van der Waals surface area contributed by atoms with Gasteiger partial charge in [0.2, 0.25) is 11.8 Å². The summed E-state index contributed by atoms with van der Waals surface area (Å²) in [5.74, 6) is 1.19. The molecule has 0 unspecified atom stereocenters. The number of aromatic nitrogens is 2. The van der Waals surface area contributed by atoms with Gasteiger partial charge in [-0.05, 0) is 36.8 Å². The van der Waals surface area contributed by atoms with E-state index in [-0.39, 0.29) is 24.8 Å². The number of halogens is 1. The van der Waals surface area contributed by atoms with Crippen LogP contribution in [0.2, 0.25) is 0 Å². The lowest BCUT2D eigenvalue weighted by atomic mass is 10.2. The highest BCUT2D eigenvalue weighted by Crippen LogP contribution is 2.25. The molecule has 0 radical (unpaired) electrons. The Morgan fingerprint density at radius 3 is 2.73 bits per heavy atom. The van der Waals surface area contributed by atoms with Crippen LogP contribution in [0.5, 0.6) is 0 Å². The van der Waals surface area contributed by atoms with Crippen molar-refractivity contribution < 1.29 is 14.1 Å². The molecule has 0 bridgehead atoms. The maximum atomic E-state index is 12.6. The molecule has 0 aliphatic carbocycles. The molecule has 0 aliphatic rings. The summed E-state index contributed by atoms with van der Waals surface area (Å²) in [4.78, 5) is 29.8. The Morgan fingerprint density at radius 1 is 1.17 bits per heavy atom. The molecule has 9 heteroatoms. The van der Waals surface area contributed by atoms with Crippen LogP contribution in [-0.2, 0) is 10.5 Å². The Bertz CT molecular complexity index is 1050. The lowest BCUT2D eigenvalue weighted by Gasteiger charge is -2.11. The number of benzene rings is 2. The van der Waals surface area contributed by atoms with Crippen molar-refractivity contribution in [2.45, 2.75) is 30.9 Å². The molecule has 1 heterocycles. The summed E-state index contributed by atoms with van der Waals surface area (Å²) in [6, 6.07) is 13.0. The van der Waals surface area contributed by atoms with E-state index in [1.807, 2.05) is 37.3 Å². The molecule has 2 aromatic carbocycles. The molecule has 0 aliphatic heterocycles. The number of rotatable bonds is 8. The zero-order valence-corrected chi connectivity index (χ0v) is 19.0. The van der Waals surface area contributed by atoms with Gasteiger partial charge >= 0.3 is 0 Å². The van der Waals surface area contributed by atoms with E-state index in [2.05, 4.69) is 36.7 Å². The standard InChI is InChI=1S/C21H21BrN4O3S/c1-13-7-8-15(22)11-17(13)25-20(27)9-10-23-21(28)16-5-3-4-6-18(16)30-12-19-24-14(2)29-26-19/h3-8,11H,9-10,12H2,1-2H3,(H,23,28)(H,25,27). The molecule has 0 fully saturated rings. The highest BCUT2D eigenvalue weighted by atomic mass is 79.9. The number of hydrogen-bond acceptors (Lipinski definition) is 6. The van der Waals surface area contributed by atoms with Crippen molar-refractivity contribution in [2.75, 3.05) is 11.9 Å². The van der Waals surface area contributed by atoms with Crippen molar-refractivity contribution >= 4 is 45.2 Å². The Kier molecular flexibility index (Phi) is 7.64. The van der Waals surface area contributed by atoms with E-state index in [0.717, 1.165) is 20.6 Å². The number of anilines is 1. The lowest BCUT2D eigenvalue weighted by Crippen LogP contribution is -2.28. The van der Waals surface area contributed by atoms with Crippen LogP contribution in [0.4, 0.5) is 5.69 Å². The predicted octanol–water partition coefficient (Wildman–Crippen LogP) is 4.50. The van der Waals surface area contributed by atoms with Gasteiger partial charge in [0.15, 0.2) is 5.82 Å². The smallest absolute Gasteiger partial charge is 0.252 e. The second-order valence-corrected chi connectivity index (χ2v) is 8.46. The summed E-state index contributed by atoms with van der Waals surface area (Å²) < 4.78 is 5.86. The van der Waals surface area contributed by atoms with E-state index >= 15 is 0 Å². The van der Waals surface area contributed by atoms with Crippen LogP contribution in [0.15, 0.2) is 56.4 Å². The average molecular weight is 489 g/mol. The maximum Gasteiger partial charge on any atom is 0.252 e. The monoisotopic (exact) mass is 488 g/mol. The first-order valence-corrected chi connectivity index (χ1v) is 11.1. The molecule has 7 nitrogen and oxygen atoms in total. The highest BCUT2D eigenvalue weighted by Gasteiger charge is 2.13. The van der Waals surface area contributed by atoms with Gasteiger partial charge in [0, 0.05) is 34.9 Å². The van der Waals surface area contributed by atoms with Crippen LogP contribution >= 0.6 is 27.7 Å². The van der Waals surface area contributed by atoms with Crippen LogP contribution in [0.25, 0.3) is 0 Å². The third-order valence-electron chi connectivity index (χ3n) is 4.17. The van der Waals surface area contributed by atoms with Crippen molar-refractivity contribution in [3.8, 4) is 0 Å². The predicted molar refractivity (Wildman–Crippen MR) is 119 cm³/mol. The maximum absolute atomic E-state index is 12.6. The summed E-state index contributed by atoms with van der Waals surface area (Å²) in [5, 5.41) is 9.55. The molecule has 2 amide bonds. The number of carbonyl (C=O) groups excluding carboxylic acids is 2. The zero-order chi connectivity index (χ0) is 21.5. The Balaban J connectivity index is 1.52. The van der Waals surface area contributed by atoms with Crippen molar-refractivity contribution in [2.24, 2.45) is 0 Å².